The van der Waals surface area contributed by atoms with Crippen molar-refractivity contribution in [1.82, 2.24) is 0 Å². The van der Waals surface area contributed by atoms with Gasteiger partial charge in [-0.15, -0.1) is 0 Å². The first-order chi connectivity index (χ1) is 8.08. The first-order valence-electron chi connectivity index (χ1n) is 6.22. The van der Waals surface area contributed by atoms with E-state index in [-0.39, 0.29) is 11.9 Å². The number of nitrogens with zero attached hydrogens (tertiary/aromatic N) is 1. The molecule has 0 bridgehead atoms. The average molecular weight is 232 g/mol. The Kier molecular flexibility index (Phi) is 3.48. The minimum absolute atomic E-state index is 0.0814. The summed E-state index contributed by atoms with van der Waals surface area (Å²) in [6, 6.07) is 6.23. The summed E-state index contributed by atoms with van der Waals surface area (Å²) < 4.78 is 0. The van der Waals surface area contributed by atoms with Gasteiger partial charge in [-0.05, 0) is 49.4 Å². The average Bonchev–Trinajstić information content (AvgIpc) is 2.73. The lowest BCUT2D eigenvalue weighted by Crippen LogP contribution is -2.31. The smallest absolute Gasteiger partial charge is 0.228 e. The number of hydrogen-bond acceptors (Lipinski definition) is 2. The van der Waals surface area contributed by atoms with E-state index >= 15 is 0 Å². The standard InChI is InChI=1S/C14H20N2O/c1-10(15)8-14(17)16(2)13-7-6-11-4-3-5-12(11)9-13/h6-7,9-10H,3-5,8,15H2,1-2H3. The summed E-state index contributed by atoms with van der Waals surface area (Å²) in [5.41, 5.74) is 9.46. The van der Waals surface area contributed by atoms with E-state index in [9.17, 15) is 4.79 Å². The van der Waals surface area contributed by atoms with Gasteiger partial charge in [0.15, 0.2) is 0 Å². The largest absolute Gasteiger partial charge is 0.327 e. The van der Waals surface area contributed by atoms with E-state index < -0.39 is 0 Å². The molecule has 0 radical (unpaired) electrons. The summed E-state index contributed by atoms with van der Waals surface area (Å²) in [5.74, 6) is 0.0814. The normalized spacial score (nSPS) is 15.5. The van der Waals surface area contributed by atoms with E-state index in [1.807, 2.05) is 20.0 Å². The Hall–Kier alpha value is -1.35. The molecule has 3 heteroatoms. The zero-order valence-corrected chi connectivity index (χ0v) is 10.6. The van der Waals surface area contributed by atoms with Crippen LogP contribution in [0.4, 0.5) is 5.69 Å². The summed E-state index contributed by atoms with van der Waals surface area (Å²) in [5, 5.41) is 0. The molecule has 0 heterocycles. The zero-order valence-electron chi connectivity index (χ0n) is 10.6. The van der Waals surface area contributed by atoms with Crippen molar-refractivity contribution in [3.63, 3.8) is 0 Å². The first-order valence-corrected chi connectivity index (χ1v) is 6.22. The van der Waals surface area contributed by atoms with Crippen LogP contribution in [0.15, 0.2) is 18.2 Å². The van der Waals surface area contributed by atoms with Crippen LogP contribution in [0.5, 0.6) is 0 Å². The quantitative estimate of drug-likeness (QED) is 0.865. The maximum Gasteiger partial charge on any atom is 0.228 e. The van der Waals surface area contributed by atoms with Gasteiger partial charge in [-0.1, -0.05) is 6.07 Å². The maximum absolute atomic E-state index is 11.9. The number of aryl methyl sites for hydroxylation is 2. The molecule has 92 valence electrons. The number of nitrogens with two attached hydrogens (primary N) is 1. The molecule has 0 saturated heterocycles. The highest BCUT2D eigenvalue weighted by Crippen LogP contribution is 2.26. The second-order valence-corrected chi connectivity index (χ2v) is 4.94. The molecule has 1 aromatic rings. The van der Waals surface area contributed by atoms with Crippen molar-refractivity contribution in [2.75, 3.05) is 11.9 Å². The second-order valence-electron chi connectivity index (χ2n) is 4.94. The van der Waals surface area contributed by atoms with Gasteiger partial charge < -0.3 is 10.6 Å². The summed E-state index contributed by atoms with van der Waals surface area (Å²) in [6.45, 7) is 1.86. The number of carbonyl (C=O) groups is 1. The predicted molar refractivity (Wildman–Crippen MR) is 70.1 cm³/mol. The van der Waals surface area contributed by atoms with Crippen molar-refractivity contribution in [3.8, 4) is 0 Å². The molecule has 1 unspecified atom stereocenters. The lowest BCUT2D eigenvalue weighted by atomic mass is 10.1. The summed E-state index contributed by atoms with van der Waals surface area (Å²) >= 11 is 0. The fraction of sp³-hybridized carbons (Fsp3) is 0.500. The number of carbonyl (C=O) groups excluding carboxylic acids is 1. The van der Waals surface area contributed by atoms with E-state index in [1.165, 1.54) is 24.0 Å². The maximum atomic E-state index is 11.9. The lowest BCUT2D eigenvalue weighted by molar-refractivity contribution is -0.118. The minimum atomic E-state index is -0.0839. The molecule has 1 aliphatic carbocycles. The van der Waals surface area contributed by atoms with Crippen LogP contribution in [0.2, 0.25) is 0 Å². The molecule has 0 fully saturated rings. The van der Waals surface area contributed by atoms with Crippen LogP contribution >= 0.6 is 0 Å². The molecule has 1 aromatic carbocycles. The number of benzene rings is 1. The van der Waals surface area contributed by atoms with Crippen molar-refractivity contribution in [3.05, 3.63) is 29.3 Å². The van der Waals surface area contributed by atoms with Gasteiger partial charge in [0.1, 0.15) is 0 Å². The van der Waals surface area contributed by atoms with E-state index in [4.69, 9.17) is 5.73 Å². The predicted octanol–water partition coefficient (Wildman–Crippen LogP) is 1.88. The Morgan fingerprint density at radius 1 is 1.41 bits per heavy atom. The number of rotatable bonds is 3. The molecule has 0 saturated carbocycles. The molecule has 0 aromatic heterocycles. The van der Waals surface area contributed by atoms with Crippen LogP contribution in [0.3, 0.4) is 0 Å². The van der Waals surface area contributed by atoms with Crippen LogP contribution in [-0.2, 0) is 17.6 Å². The molecule has 2 N–H and O–H groups in total. The SMILES string of the molecule is CC(N)CC(=O)N(C)c1ccc2c(c1)CCC2. The number of amides is 1. The van der Waals surface area contributed by atoms with Gasteiger partial charge >= 0.3 is 0 Å². The fourth-order valence-electron chi connectivity index (χ4n) is 2.32. The van der Waals surface area contributed by atoms with Gasteiger partial charge in [0, 0.05) is 25.2 Å². The third-order valence-corrected chi connectivity index (χ3v) is 3.34. The van der Waals surface area contributed by atoms with Crippen molar-refractivity contribution in [2.24, 2.45) is 5.73 Å². The van der Waals surface area contributed by atoms with Crippen LogP contribution < -0.4 is 10.6 Å². The van der Waals surface area contributed by atoms with Crippen LogP contribution in [0.25, 0.3) is 0 Å². The van der Waals surface area contributed by atoms with E-state index in [0.717, 1.165) is 12.1 Å². The highest BCUT2D eigenvalue weighted by atomic mass is 16.2. The number of hydrogen-bond donors (Lipinski definition) is 1. The topological polar surface area (TPSA) is 46.3 Å². The first kappa shape index (κ1) is 12.1. The molecule has 0 spiro atoms. The van der Waals surface area contributed by atoms with Crippen LogP contribution in [0.1, 0.15) is 30.9 Å². The van der Waals surface area contributed by atoms with Crippen LogP contribution in [-0.4, -0.2) is 19.0 Å². The summed E-state index contributed by atoms with van der Waals surface area (Å²) in [4.78, 5) is 13.6. The van der Waals surface area contributed by atoms with Gasteiger partial charge in [0.25, 0.3) is 0 Å². The zero-order chi connectivity index (χ0) is 12.4. The molecule has 1 aliphatic rings. The third kappa shape index (κ3) is 2.67. The van der Waals surface area contributed by atoms with Gasteiger partial charge in [-0.2, -0.15) is 0 Å². The van der Waals surface area contributed by atoms with Crippen molar-refractivity contribution in [1.29, 1.82) is 0 Å². The van der Waals surface area contributed by atoms with Crippen molar-refractivity contribution < 1.29 is 4.79 Å². The fourth-order valence-corrected chi connectivity index (χ4v) is 2.32. The van der Waals surface area contributed by atoms with Crippen LogP contribution in [0, 0.1) is 0 Å². The van der Waals surface area contributed by atoms with Gasteiger partial charge in [-0.3, -0.25) is 4.79 Å². The Morgan fingerprint density at radius 3 is 2.82 bits per heavy atom. The minimum Gasteiger partial charge on any atom is -0.327 e. The Labute approximate surface area is 103 Å². The molecular formula is C14H20N2O. The molecule has 1 atom stereocenters. The van der Waals surface area contributed by atoms with Gasteiger partial charge in [0.05, 0.1) is 0 Å². The monoisotopic (exact) mass is 232 g/mol. The van der Waals surface area contributed by atoms with Gasteiger partial charge in [0.2, 0.25) is 5.91 Å². The summed E-state index contributed by atoms with van der Waals surface area (Å²) in [7, 11) is 1.82. The second kappa shape index (κ2) is 4.88. The molecule has 0 aliphatic heterocycles. The molecule has 1 amide bonds. The molecule has 17 heavy (non-hydrogen) atoms. The Morgan fingerprint density at radius 2 is 2.12 bits per heavy atom. The summed E-state index contributed by atoms with van der Waals surface area (Å²) in [6.07, 6.45) is 3.94. The number of fused-ring (bicyclic) bond motifs is 1. The number of anilines is 1. The van der Waals surface area contributed by atoms with Gasteiger partial charge in [-0.25, -0.2) is 0 Å². The lowest BCUT2D eigenvalue weighted by Gasteiger charge is -2.19. The van der Waals surface area contributed by atoms with E-state index in [0.29, 0.717) is 6.42 Å². The Bertz CT molecular complexity index is 426. The van der Waals surface area contributed by atoms with E-state index in [1.54, 1.807) is 4.90 Å². The highest BCUT2D eigenvalue weighted by Gasteiger charge is 2.16. The van der Waals surface area contributed by atoms with Crippen molar-refractivity contribution >= 4 is 11.6 Å². The molecule has 3 nitrogen and oxygen atoms in total. The Balaban J connectivity index is 2.14. The molecule has 2 rings (SSSR count). The highest BCUT2D eigenvalue weighted by molar-refractivity contribution is 5.93. The van der Waals surface area contributed by atoms with Crippen molar-refractivity contribution in [2.45, 2.75) is 38.6 Å². The van der Waals surface area contributed by atoms with E-state index in [2.05, 4.69) is 12.1 Å². The third-order valence-electron chi connectivity index (χ3n) is 3.34. The molecular weight excluding hydrogens is 212 g/mol.